The largest absolute Gasteiger partial charge is 0.339 e. The average molecular weight is 319 g/mol. The van der Waals surface area contributed by atoms with E-state index < -0.39 is 0 Å². The van der Waals surface area contributed by atoms with Crippen molar-refractivity contribution in [2.75, 3.05) is 10.6 Å². The van der Waals surface area contributed by atoms with Gasteiger partial charge in [0.1, 0.15) is 0 Å². The summed E-state index contributed by atoms with van der Waals surface area (Å²) in [4.78, 5) is 4.47. The van der Waals surface area contributed by atoms with Crippen LogP contribution in [0.15, 0.2) is 42.6 Å². The predicted molar refractivity (Wildman–Crippen MR) is 98.2 cm³/mol. The molecule has 0 spiro atoms. The number of hydrogen-bond donors (Lipinski definition) is 2. The molecule has 0 saturated carbocycles. The first-order valence-corrected chi connectivity index (χ1v) is 7.89. The molecule has 0 fully saturated rings. The zero-order chi connectivity index (χ0) is 17.1. The molecule has 5 nitrogen and oxygen atoms in total. The van der Waals surface area contributed by atoms with Gasteiger partial charge >= 0.3 is 0 Å². The quantitative estimate of drug-likeness (QED) is 0.736. The fourth-order valence-corrected chi connectivity index (χ4v) is 2.33. The molecule has 0 bridgehead atoms. The fraction of sp³-hybridized carbons (Fsp3) is 0.211. The van der Waals surface area contributed by atoms with Crippen LogP contribution in [-0.4, -0.2) is 15.2 Å². The third-order valence-corrected chi connectivity index (χ3v) is 4.10. The maximum atomic E-state index is 4.47. The van der Waals surface area contributed by atoms with Crippen molar-refractivity contribution in [3.05, 3.63) is 64.8 Å². The molecule has 24 heavy (non-hydrogen) atoms. The average Bonchev–Trinajstić information content (AvgIpc) is 2.55. The molecule has 3 aromatic rings. The monoisotopic (exact) mass is 319 g/mol. The van der Waals surface area contributed by atoms with Crippen molar-refractivity contribution >= 4 is 23.1 Å². The third kappa shape index (κ3) is 3.68. The Balaban J connectivity index is 1.78. The minimum atomic E-state index is 0.465. The van der Waals surface area contributed by atoms with Gasteiger partial charge in [0.25, 0.3) is 0 Å². The smallest absolute Gasteiger partial charge is 0.249 e. The SMILES string of the molecule is Cc1ccc(Nc2cnnc(Nc3ccc(C)c(C)c3)n2)cc1C. The van der Waals surface area contributed by atoms with E-state index in [0.29, 0.717) is 11.8 Å². The van der Waals surface area contributed by atoms with Crippen LogP contribution in [0.4, 0.5) is 23.1 Å². The van der Waals surface area contributed by atoms with Gasteiger partial charge in [-0.1, -0.05) is 12.1 Å². The molecule has 5 heteroatoms. The van der Waals surface area contributed by atoms with Gasteiger partial charge in [0, 0.05) is 11.4 Å². The number of benzene rings is 2. The van der Waals surface area contributed by atoms with Crippen LogP contribution in [0.1, 0.15) is 22.3 Å². The summed E-state index contributed by atoms with van der Waals surface area (Å²) in [6.45, 7) is 8.35. The predicted octanol–water partition coefficient (Wildman–Crippen LogP) is 4.59. The van der Waals surface area contributed by atoms with Gasteiger partial charge in [-0.25, -0.2) is 0 Å². The van der Waals surface area contributed by atoms with E-state index in [-0.39, 0.29) is 0 Å². The first-order valence-electron chi connectivity index (χ1n) is 7.89. The van der Waals surface area contributed by atoms with Crippen LogP contribution in [0.3, 0.4) is 0 Å². The zero-order valence-electron chi connectivity index (χ0n) is 14.4. The molecule has 0 amide bonds. The van der Waals surface area contributed by atoms with Gasteiger partial charge in [0.05, 0.1) is 6.20 Å². The molecular formula is C19H21N5. The Hall–Kier alpha value is -2.95. The van der Waals surface area contributed by atoms with Gasteiger partial charge in [-0.3, -0.25) is 0 Å². The topological polar surface area (TPSA) is 62.7 Å². The molecule has 2 N–H and O–H groups in total. The van der Waals surface area contributed by atoms with Crippen LogP contribution in [0.25, 0.3) is 0 Å². The highest BCUT2D eigenvalue weighted by Crippen LogP contribution is 2.20. The lowest BCUT2D eigenvalue weighted by molar-refractivity contribution is 0.982. The third-order valence-electron chi connectivity index (χ3n) is 4.10. The van der Waals surface area contributed by atoms with E-state index in [0.717, 1.165) is 11.4 Å². The Labute approximate surface area is 142 Å². The molecule has 0 atom stereocenters. The lowest BCUT2D eigenvalue weighted by Crippen LogP contribution is -2.03. The zero-order valence-corrected chi connectivity index (χ0v) is 14.4. The van der Waals surface area contributed by atoms with Crippen molar-refractivity contribution in [1.82, 2.24) is 15.2 Å². The first kappa shape index (κ1) is 15.9. The number of nitrogens with one attached hydrogen (secondary N) is 2. The van der Waals surface area contributed by atoms with Gasteiger partial charge in [-0.05, 0) is 74.2 Å². The lowest BCUT2D eigenvalue weighted by Gasteiger charge is -2.10. The molecule has 122 valence electrons. The molecule has 3 rings (SSSR count). The molecule has 0 unspecified atom stereocenters. The molecule has 1 aromatic heterocycles. The Morgan fingerprint density at radius 2 is 1.29 bits per heavy atom. The Bertz CT molecular complexity index is 805. The molecule has 1 heterocycles. The minimum Gasteiger partial charge on any atom is -0.339 e. The number of anilines is 4. The van der Waals surface area contributed by atoms with Gasteiger partial charge < -0.3 is 10.6 Å². The number of nitrogens with zero attached hydrogens (tertiary/aromatic N) is 3. The molecule has 0 aliphatic carbocycles. The van der Waals surface area contributed by atoms with Crippen LogP contribution in [0, 0.1) is 27.7 Å². The maximum absolute atomic E-state index is 4.47. The van der Waals surface area contributed by atoms with E-state index in [1.807, 2.05) is 12.1 Å². The fourth-order valence-electron chi connectivity index (χ4n) is 2.33. The van der Waals surface area contributed by atoms with Gasteiger partial charge in [0.2, 0.25) is 5.95 Å². The second kappa shape index (κ2) is 6.66. The van der Waals surface area contributed by atoms with Gasteiger partial charge in [-0.15, -0.1) is 5.10 Å². The lowest BCUT2D eigenvalue weighted by atomic mass is 10.1. The van der Waals surface area contributed by atoms with Crippen molar-refractivity contribution in [3.63, 3.8) is 0 Å². The first-order chi connectivity index (χ1) is 11.5. The van der Waals surface area contributed by atoms with E-state index in [9.17, 15) is 0 Å². The molecule has 0 radical (unpaired) electrons. The summed E-state index contributed by atoms with van der Waals surface area (Å²) in [5, 5.41) is 14.5. The van der Waals surface area contributed by atoms with Crippen molar-refractivity contribution in [1.29, 1.82) is 0 Å². The normalized spacial score (nSPS) is 10.5. The van der Waals surface area contributed by atoms with Crippen molar-refractivity contribution in [2.45, 2.75) is 27.7 Å². The van der Waals surface area contributed by atoms with Crippen molar-refractivity contribution in [2.24, 2.45) is 0 Å². The van der Waals surface area contributed by atoms with Crippen LogP contribution in [0.5, 0.6) is 0 Å². The van der Waals surface area contributed by atoms with Gasteiger partial charge in [0.15, 0.2) is 5.82 Å². The molecule has 0 aliphatic rings. The second-order valence-electron chi connectivity index (χ2n) is 6.01. The van der Waals surface area contributed by atoms with Crippen molar-refractivity contribution < 1.29 is 0 Å². The highest BCUT2D eigenvalue weighted by atomic mass is 15.3. The highest BCUT2D eigenvalue weighted by molar-refractivity contribution is 5.60. The summed E-state index contributed by atoms with van der Waals surface area (Å²) in [6, 6.07) is 12.4. The molecule has 2 aromatic carbocycles. The number of hydrogen-bond acceptors (Lipinski definition) is 5. The van der Waals surface area contributed by atoms with Crippen LogP contribution in [-0.2, 0) is 0 Å². The van der Waals surface area contributed by atoms with Crippen LogP contribution in [0.2, 0.25) is 0 Å². The number of aromatic nitrogens is 3. The van der Waals surface area contributed by atoms with E-state index in [2.05, 4.69) is 77.8 Å². The highest BCUT2D eigenvalue weighted by Gasteiger charge is 2.04. The Morgan fingerprint density at radius 3 is 1.88 bits per heavy atom. The van der Waals surface area contributed by atoms with E-state index in [4.69, 9.17) is 0 Å². The van der Waals surface area contributed by atoms with Crippen molar-refractivity contribution in [3.8, 4) is 0 Å². The standard InChI is InChI=1S/C19H21N5/c1-12-5-7-16(9-14(12)3)21-18-11-20-24-19(23-18)22-17-8-6-13(2)15(4)10-17/h5-11H,1-4H3,(H2,21,22,23,24). The maximum Gasteiger partial charge on any atom is 0.249 e. The number of aryl methyl sites for hydroxylation is 4. The Kier molecular flexibility index (Phi) is 4.42. The summed E-state index contributed by atoms with van der Waals surface area (Å²) in [7, 11) is 0. The summed E-state index contributed by atoms with van der Waals surface area (Å²) in [5.41, 5.74) is 6.90. The summed E-state index contributed by atoms with van der Waals surface area (Å²) >= 11 is 0. The van der Waals surface area contributed by atoms with Crippen LogP contribution >= 0.6 is 0 Å². The summed E-state index contributed by atoms with van der Waals surface area (Å²) < 4.78 is 0. The van der Waals surface area contributed by atoms with E-state index in [1.54, 1.807) is 6.20 Å². The van der Waals surface area contributed by atoms with Crippen LogP contribution < -0.4 is 10.6 Å². The number of rotatable bonds is 4. The Morgan fingerprint density at radius 1 is 0.708 bits per heavy atom. The second-order valence-corrected chi connectivity index (χ2v) is 6.01. The summed E-state index contributed by atoms with van der Waals surface area (Å²) in [5.74, 6) is 1.12. The summed E-state index contributed by atoms with van der Waals surface area (Å²) in [6.07, 6.45) is 1.61. The van der Waals surface area contributed by atoms with E-state index in [1.165, 1.54) is 22.3 Å². The van der Waals surface area contributed by atoms with Gasteiger partial charge in [-0.2, -0.15) is 10.1 Å². The minimum absolute atomic E-state index is 0.465. The molecule has 0 aliphatic heterocycles. The molecular weight excluding hydrogens is 298 g/mol. The van der Waals surface area contributed by atoms with E-state index >= 15 is 0 Å². The molecule has 0 saturated heterocycles.